The lowest BCUT2D eigenvalue weighted by atomic mass is 9.79. The van der Waals surface area contributed by atoms with Crippen molar-refractivity contribution in [1.82, 2.24) is 5.32 Å². The van der Waals surface area contributed by atoms with Crippen molar-refractivity contribution in [2.75, 3.05) is 20.3 Å². The monoisotopic (exact) mass is 555 g/mol. The lowest BCUT2D eigenvalue weighted by Crippen LogP contribution is -2.29. The number of terminal acetylenes is 1. The van der Waals surface area contributed by atoms with Crippen LogP contribution in [0.2, 0.25) is 0 Å². The van der Waals surface area contributed by atoms with E-state index in [9.17, 15) is 9.59 Å². The lowest BCUT2D eigenvalue weighted by molar-refractivity contribution is -0.136. The average Bonchev–Trinajstić information content (AvgIpc) is 3.09. The number of benzene rings is 2. The third-order valence-electron chi connectivity index (χ3n) is 5.62. The zero-order valence-corrected chi connectivity index (χ0v) is 20.6. The molecule has 168 valence electrons. The molecule has 1 aliphatic carbocycles. The fourth-order valence-electron chi connectivity index (χ4n) is 4.31. The molecule has 0 bridgehead atoms. The highest BCUT2D eigenvalue weighted by atomic mass is 127. The van der Waals surface area contributed by atoms with Crippen LogP contribution in [-0.2, 0) is 9.53 Å². The van der Waals surface area contributed by atoms with E-state index in [4.69, 9.17) is 20.6 Å². The Hall–Kier alpha value is -3.25. The van der Waals surface area contributed by atoms with Crippen LogP contribution in [0.3, 0.4) is 0 Å². The van der Waals surface area contributed by atoms with E-state index in [0.717, 1.165) is 14.7 Å². The van der Waals surface area contributed by atoms with Crippen LogP contribution in [0, 0.1) is 15.9 Å². The molecular weight excluding hydrogens is 533 g/mol. The second-order valence-corrected chi connectivity index (χ2v) is 8.67. The minimum atomic E-state index is -0.636. The Bertz CT molecular complexity index is 1270. The molecule has 0 spiro atoms. The number of hydrogen-bond acceptors (Lipinski definition) is 6. The van der Waals surface area contributed by atoms with Crippen LogP contribution in [0.15, 0.2) is 53.2 Å². The molecule has 1 atom stereocenters. The molecule has 6 nitrogen and oxygen atoms in total. The van der Waals surface area contributed by atoms with Gasteiger partial charge in [0, 0.05) is 28.3 Å². The summed E-state index contributed by atoms with van der Waals surface area (Å²) in [7, 11) is 1.33. The third kappa shape index (κ3) is 3.89. The van der Waals surface area contributed by atoms with Crippen LogP contribution >= 0.6 is 22.6 Å². The largest absolute Gasteiger partial charge is 0.490 e. The van der Waals surface area contributed by atoms with E-state index in [0.29, 0.717) is 46.2 Å². The molecular formula is C26H22INO5. The highest BCUT2D eigenvalue weighted by molar-refractivity contribution is 14.1. The van der Waals surface area contributed by atoms with Crippen LogP contribution in [0.1, 0.15) is 41.3 Å². The molecule has 0 radical (unpaired) electrons. The number of ether oxygens (including phenoxy) is 3. The lowest BCUT2D eigenvalue weighted by Gasteiger charge is -2.29. The van der Waals surface area contributed by atoms with Crippen LogP contribution in [-0.4, -0.2) is 32.1 Å². The van der Waals surface area contributed by atoms with Gasteiger partial charge in [0.1, 0.15) is 6.61 Å². The molecule has 0 aromatic heterocycles. The van der Waals surface area contributed by atoms with Crippen molar-refractivity contribution >= 4 is 40.0 Å². The Morgan fingerprint density at radius 2 is 1.94 bits per heavy atom. The molecule has 0 saturated carbocycles. The number of Topliss-reactive ketones (excluding diaryl/α,β-unsaturated/α-hetero) is 1. The number of methoxy groups -OCH3 is 1. The number of dihydropyridines is 1. The molecule has 1 aliphatic heterocycles. The number of nitrogens with one attached hydrogen (secondary N) is 1. The zero-order valence-electron chi connectivity index (χ0n) is 18.5. The molecule has 0 unspecified atom stereocenters. The highest BCUT2D eigenvalue weighted by Crippen LogP contribution is 2.48. The van der Waals surface area contributed by atoms with Crippen molar-refractivity contribution in [2.45, 2.75) is 19.8 Å². The summed E-state index contributed by atoms with van der Waals surface area (Å²) >= 11 is 2.15. The predicted octanol–water partition coefficient (Wildman–Crippen LogP) is 4.44. The number of carbonyl (C=O) groups excluding carboxylic acids is 2. The maximum Gasteiger partial charge on any atom is 0.336 e. The van der Waals surface area contributed by atoms with E-state index in [2.05, 4.69) is 33.8 Å². The van der Waals surface area contributed by atoms with Gasteiger partial charge in [0.2, 0.25) is 0 Å². The van der Waals surface area contributed by atoms with Gasteiger partial charge in [-0.3, -0.25) is 4.79 Å². The minimum Gasteiger partial charge on any atom is -0.490 e. The van der Waals surface area contributed by atoms with Gasteiger partial charge in [-0.25, -0.2) is 4.79 Å². The molecule has 1 N–H and O–H groups in total. The molecule has 0 fully saturated rings. The summed E-state index contributed by atoms with van der Waals surface area (Å²) in [6.45, 7) is 4.19. The summed E-state index contributed by atoms with van der Waals surface area (Å²) in [5.74, 6) is 2.24. The van der Waals surface area contributed by atoms with Gasteiger partial charge in [0.25, 0.3) is 0 Å². The summed E-state index contributed by atoms with van der Waals surface area (Å²) in [6.07, 6.45) is 5.37. The number of rotatable bonds is 6. The topological polar surface area (TPSA) is 73.9 Å². The molecule has 0 saturated heterocycles. The molecule has 0 amide bonds. The number of halogens is 1. The second-order valence-electron chi connectivity index (χ2n) is 7.51. The molecule has 7 heteroatoms. The van der Waals surface area contributed by atoms with Gasteiger partial charge in [-0.15, -0.1) is 6.42 Å². The summed E-state index contributed by atoms with van der Waals surface area (Å²) in [4.78, 5) is 26.4. The van der Waals surface area contributed by atoms with Crippen LogP contribution in [0.4, 0.5) is 0 Å². The molecule has 1 heterocycles. The van der Waals surface area contributed by atoms with Gasteiger partial charge in [-0.1, -0.05) is 30.2 Å². The fourth-order valence-corrected chi connectivity index (χ4v) is 5.10. The third-order valence-corrected chi connectivity index (χ3v) is 6.42. The number of allylic oxidation sites excluding steroid dienone is 2. The maximum atomic E-state index is 13.5. The maximum absolute atomic E-state index is 13.5. The Morgan fingerprint density at radius 1 is 1.21 bits per heavy atom. The van der Waals surface area contributed by atoms with E-state index in [1.807, 2.05) is 44.2 Å². The summed E-state index contributed by atoms with van der Waals surface area (Å²) in [5.41, 5.74) is 4.39. The summed E-state index contributed by atoms with van der Waals surface area (Å²) < 4.78 is 17.4. The Kier molecular flexibility index (Phi) is 6.47. The Labute approximate surface area is 206 Å². The summed E-state index contributed by atoms with van der Waals surface area (Å²) in [6, 6.07) is 11.1. The van der Waals surface area contributed by atoms with Gasteiger partial charge >= 0.3 is 5.97 Å². The smallest absolute Gasteiger partial charge is 0.336 e. The van der Waals surface area contributed by atoms with E-state index in [-0.39, 0.29) is 12.4 Å². The normalized spacial score (nSPS) is 16.6. The second kappa shape index (κ2) is 9.32. The van der Waals surface area contributed by atoms with Crippen molar-refractivity contribution in [3.63, 3.8) is 0 Å². The van der Waals surface area contributed by atoms with E-state index >= 15 is 0 Å². The molecule has 2 aromatic carbocycles. The highest BCUT2D eigenvalue weighted by Gasteiger charge is 2.43. The van der Waals surface area contributed by atoms with Gasteiger partial charge < -0.3 is 19.5 Å². The van der Waals surface area contributed by atoms with Gasteiger partial charge in [0.05, 0.1) is 28.6 Å². The average molecular weight is 555 g/mol. The number of hydrogen-bond donors (Lipinski definition) is 1. The standard InChI is InChI=1S/C26H22INO5/c1-5-11-33-25-18(27)12-15(13-19(25)32-6-2)21-20(26(30)31-4)14(3)28-23-16-9-7-8-10-17(16)24(29)22(21)23/h1,7-10,12-13,21,28H,6,11H2,2-4H3/t21-/m1/s1. The number of carbonyl (C=O) groups is 2. The van der Waals surface area contributed by atoms with Crippen molar-refractivity contribution in [2.24, 2.45) is 0 Å². The SMILES string of the molecule is C#CCOc1c(I)cc([C@@H]2C(C(=O)OC)=C(C)NC3=C2C(=O)c2ccccc23)cc1OCC. The van der Waals surface area contributed by atoms with Gasteiger partial charge in [-0.2, -0.15) is 0 Å². The number of esters is 1. The number of ketones is 1. The van der Waals surface area contributed by atoms with E-state index in [1.54, 1.807) is 6.07 Å². The first-order chi connectivity index (χ1) is 15.9. The quantitative estimate of drug-likeness (QED) is 0.323. The minimum absolute atomic E-state index is 0.0955. The van der Waals surface area contributed by atoms with Gasteiger partial charge in [0.15, 0.2) is 17.3 Å². The molecule has 4 rings (SSSR count). The predicted molar refractivity (Wildman–Crippen MR) is 133 cm³/mol. The first-order valence-electron chi connectivity index (χ1n) is 10.4. The van der Waals surface area contributed by atoms with Crippen molar-refractivity contribution in [3.8, 4) is 23.8 Å². The van der Waals surface area contributed by atoms with E-state index < -0.39 is 11.9 Å². The first-order valence-corrected chi connectivity index (χ1v) is 11.5. The van der Waals surface area contributed by atoms with Crippen LogP contribution < -0.4 is 14.8 Å². The van der Waals surface area contributed by atoms with Crippen molar-refractivity contribution in [1.29, 1.82) is 0 Å². The molecule has 2 aromatic rings. The van der Waals surface area contributed by atoms with Crippen LogP contribution in [0.5, 0.6) is 11.5 Å². The first kappa shape index (κ1) is 22.9. The van der Waals surface area contributed by atoms with Crippen molar-refractivity contribution in [3.05, 3.63) is 73.5 Å². The fraction of sp³-hybridized carbons (Fsp3) is 0.231. The molecule has 2 aliphatic rings. The summed E-state index contributed by atoms with van der Waals surface area (Å²) in [5, 5.41) is 3.28. The number of fused-ring (bicyclic) bond motifs is 2. The molecule has 33 heavy (non-hydrogen) atoms. The Balaban J connectivity index is 1.94. The van der Waals surface area contributed by atoms with Gasteiger partial charge in [-0.05, 0) is 54.1 Å². The van der Waals surface area contributed by atoms with Crippen molar-refractivity contribution < 1.29 is 23.8 Å². The van der Waals surface area contributed by atoms with E-state index in [1.165, 1.54) is 7.11 Å². The Morgan fingerprint density at radius 3 is 2.61 bits per heavy atom. The zero-order chi connectivity index (χ0) is 23.7. The van der Waals surface area contributed by atoms with Crippen LogP contribution in [0.25, 0.3) is 5.70 Å².